The fourth-order valence-electron chi connectivity index (χ4n) is 2.20. The van der Waals surface area contributed by atoms with Gasteiger partial charge in [0.2, 0.25) is 0 Å². The SMILES string of the molecule is COc1ccc(C(O)C(N)CC2CC2)cc1C. The topological polar surface area (TPSA) is 55.5 Å². The van der Waals surface area contributed by atoms with Crippen LogP contribution in [-0.4, -0.2) is 18.3 Å². The van der Waals surface area contributed by atoms with Crippen LogP contribution in [0.4, 0.5) is 0 Å². The minimum absolute atomic E-state index is 0.157. The molecule has 1 aliphatic carbocycles. The first-order chi connectivity index (χ1) is 8.11. The molecule has 2 rings (SSSR count). The number of aryl methyl sites for hydroxylation is 1. The van der Waals surface area contributed by atoms with E-state index in [0.29, 0.717) is 0 Å². The van der Waals surface area contributed by atoms with Crippen LogP contribution in [0.1, 0.15) is 36.5 Å². The van der Waals surface area contributed by atoms with Crippen molar-refractivity contribution in [1.82, 2.24) is 0 Å². The van der Waals surface area contributed by atoms with Gasteiger partial charge in [-0.1, -0.05) is 18.9 Å². The van der Waals surface area contributed by atoms with E-state index in [1.54, 1.807) is 7.11 Å². The van der Waals surface area contributed by atoms with Crippen LogP contribution in [0, 0.1) is 12.8 Å². The van der Waals surface area contributed by atoms with Crippen molar-refractivity contribution in [3.8, 4) is 5.75 Å². The van der Waals surface area contributed by atoms with Crippen molar-refractivity contribution in [2.24, 2.45) is 11.7 Å². The fraction of sp³-hybridized carbons (Fsp3) is 0.571. The monoisotopic (exact) mass is 235 g/mol. The van der Waals surface area contributed by atoms with Crippen molar-refractivity contribution in [1.29, 1.82) is 0 Å². The molecule has 17 heavy (non-hydrogen) atoms. The Balaban J connectivity index is 2.06. The molecule has 0 amide bonds. The largest absolute Gasteiger partial charge is 0.496 e. The average molecular weight is 235 g/mol. The quantitative estimate of drug-likeness (QED) is 0.822. The summed E-state index contributed by atoms with van der Waals surface area (Å²) in [5.41, 5.74) is 7.95. The molecule has 2 atom stereocenters. The molecule has 94 valence electrons. The maximum atomic E-state index is 10.2. The van der Waals surface area contributed by atoms with Gasteiger partial charge in [-0.25, -0.2) is 0 Å². The molecule has 1 fully saturated rings. The Hall–Kier alpha value is -1.06. The van der Waals surface area contributed by atoms with Crippen molar-refractivity contribution in [2.75, 3.05) is 7.11 Å². The second-order valence-electron chi connectivity index (χ2n) is 5.02. The zero-order valence-electron chi connectivity index (χ0n) is 10.5. The summed E-state index contributed by atoms with van der Waals surface area (Å²) >= 11 is 0. The second-order valence-corrected chi connectivity index (χ2v) is 5.02. The molecular formula is C14H21NO2. The number of methoxy groups -OCH3 is 1. The third-order valence-corrected chi connectivity index (χ3v) is 3.47. The highest BCUT2D eigenvalue weighted by Gasteiger charge is 2.27. The van der Waals surface area contributed by atoms with E-state index in [2.05, 4.69) is 0 Å². The lowest BCUT2D eigenvalue weighted by Crippen LogP contribution is -2.28. The van der Waals surface area contributed by atoms with Gasteiger partial charge in [-0.15, -0.1) is 0 Å². The first kappa shape index (κ1) is 12.4. The number of benzene rings is 1. The number of ether oxygens (including phenoxy) is 1. The molecule has 3 N–H and O–H groups in total. The number of hydrogen-bond donors (Lipinski definition) is 2. The van der Waals surface area contributed by atoms with E-state index in [-0.39, 0.29) is 6.04 Å². The highest BCUT2D eigenvalue weighted by Crippen LogP contribution is 2.35. The highest BCUT2D eigenvalue weighted by molar-refractivity contribution is 5.37. The van der Waals surface area contributed by atoms with E-state index in [4.69, 9.17) is 10.5 Å². The van der Waals surface area contributed by atoms with E-state index in [0.717, 1.165) is 29.2 Å². The van der Waals surface area contributed by atoms with E-state index in [1.165, 1.54) is 12.8 Å². The zero-order chi connectivity index (χ0) is 12.4. The maximum Gasteiger partial charge on any atom is 0.121 e. The molecule has 1 saturated carbocycles. The van der Waals surface area contributed by atoms with Crippen molar-refractivity contribution in [3.63, 3.8) is 0 Å². The fourth-order valence-corrected chi connectivity index (χ4v) is 2.20. The van der Waals surface area contributed by atoms with Crippen LogP contribution in [0.2, 0.25) is 0 Å². The lowest BCUT2D eigenvalue weighted by Gasteiger charge is -2.20. The van der Waals surface area contributed by atoms with Crippen molar-refractivity contribution in [3.05, 3.63) is 29.3 Å². The van der Waals surface area contributed by atoms with Gasteiger partial charge >= 0.3 is 0 Å². The molecule has 1 aliphatic rings. The van der Waals surface area contributed by atoms with Gasteiger partial charge in [-0.05, 0) is 42.5 Å². The average Bonchev–Trinajstić information content (AvgIpc) is 3.11. The normalized spacial score (nSPS) is 18.8. The molecule has 0 bridgehead atoms. The molecule has 3 heteroatoms. The summed E-state index contributed by atoms with van der Waals surface area (Å²) < 4.78 is 5.20. The van der Waals surface area contributed by atoms with E-state index >= 15 is 0 Å². The second kappa shape index (κ2) is 5.07. The van der Waals surface area contributed by atoms with Crippen molar-refractivity contribution < 1.29 is 9.84 Å². The maximum absolute atomic E-state index is 10.2. The van der Waals surface area contributed by atoms with Gasteiger partial charge in [0.1, 0.15) is 5.75 Å². The lowest BCUT2D eigenvalue weighted by molar-refractivity contribution is 0.139. The Morgan fingerprint density at radius 2 is 2.18 bits per heavy atom. The smallest absolute Gasteiger partial charge is 0.121 e. The summed E-state index contributed by atoms with van der Waals surface area (Å²) in [7, 11) is 1.65. The Labute approximate surface area is 103 Å². The summed E-state index contributed by atoms with van der Waals surface area (Å²) in [6, 6.07) is 5.58. The molecule has 0 aliphatic heterocycles. The van der Waals surface area contributed by atoms with Crippen LogP contribution in [-0.2, 0) is 0 Å². The first-order valence-corrected chi connectivity index (χ1v) is 6.20. The van der Waals surface area contributed by atoms with Gasteiger partial charge < -0.3 is 15.6 Å². The molecule has 0 saturated heterocycles. The van der Waals surface area contributed by atoms with Gasteiger partial charge in [0.25, 0.3) is 0 Å². The van der Waals surface area contributed by atoms with E-state index in [1.807, 2.05) is 25.1 Å². The number of rotatable bonds is 5. The van der Waals surface area contributed by atoms with Gasteiger partial charge in [0.05, 0.1) is 13.2 Å². The molecule has 0 heterocycles. The number of nitrogens with two attached hydrogens (primary N) is 1. The Morgan fingerprint density at radius 3 is 2.71 bits per heavy atom. The Kier molecular flexibility index (Phi) is 3.69. The van der Waals surface area contributed by atoms with Crippen LogP contribution in [0.15, 0.2) is 18.2 Å². The molecule has 0 aromatic heterocycles. The number of hydrogen-bond acceptors (Lipinski definition) is 3. The van der Waals surface area contributed by atoms with Crippen molar-refractivity contribution in [2.45, 2.75) is 38.3 Å². The third kappa shape index (κ3) is 2.99. The van der Waals surface area contributed by atoms with Crippen molar-refractivity contribution >= 4 is 0 Å². The standard InChI is InChI=1S/C14H21NO2/c1-9-7-11(5-6-13(9)17-2)14(16)12(15)8-10-3-4-10/h5-7,10,12,14,16H,3-4,8,15H2,1-2H3. The summed E-state index contributed by atoms with van der Waals surface area (Å²) in [6.07, 6.45) is 2.89. The Bertz CT molecular complexity index is 388. The third-order valence-electron chi connectivity index (χ3n) is 3.47. The molecule has 0 radical (unpaired) electrons. The van der Waals surface area contributed by atoms with Gasteiger partial charge in [0, 0.05) is 6.04 Å². The van der Waals surface area contributed by atoms with Crippen LogP contribution in [0.25, 0.3) is 0 Å². The Morgan fingerprint density at radius 1 is 1.47 bits per heavy atom. The first-order valence-electron chi connectivity index (χ1n) is 6.20. The van der Waals surface area contributed by atoms with Gasteiger partial charge in [-0.2, -0.15) is 0 Å². The van der Waals surface area contributed by atoms with Crippen LogP contribution in [0.3, 0.4) is 0 Å². The van der Waals surface area contributed by atoms with Crippen LogP contribution < -0.4 is 10.5 Å². The van der Waals surface area contributed by atoms with Gasteiger partial charge in [0.15, 0.2) is 0 Å². The summed E-state index contributed by atoms with van der Waals surface area (Å²) in [6.45, 7) is 1.97. The minimum atomic E-state index is -0.569. The van der Waals surface area contributed by atoms with Crippen LogP contribution >= 0.6 is 0 Å². The molecule has 0 spiro atoms. The van der Waals surface area contributed by atoms with Crippen LogP contribution in [0.5, 0.6) is 5.75 Å². The molecule has 2 unspecified atom stereocenters. The minimum Gasteiger partial charge on any atom is -0.496 e. The lowest BCUT2D eigenvalue weighted by atomic mass is 9.97. The molecule has 3 nitrogen and oxygen atoms in total. The number of aliphatic hydroxyl groups excluding tert-OH is 1. The van der Waals surface area contributed by atoms with E-state index < -0.39 is 6.10 Å². The summed E-state index contributed by atoms with van der Waals surface area (Å²) in [5, 5.41) is 10.2. The molecule has 1 aromatic rings. The summed E-state index contributed by atoms with van der Waals surface area (Å²) in [5.74, 6) is 1.58. The zero-order valence-corrected chi connectivity index (χ0v) is 10.5. The predicted octanol–water partition coefficient (Wildman–Crippen LogP) is 2.16. The highest BCUT2D eigenvalue weighted by atomic mass is 16.5. The van der Waals surface area contributed by atoms with Gasteiger partial charge in [-0.3, -0.25) is 0 Å². The van der Waals surface area contributed by atoms with E-state index in [9.17, 15) is 5.11 Å². The number of aliphatic hydroxyl groups is 1. The molecule has 1 aromatic carbocycles. The summed E-state index contributed by atoms with van der Waals surface area (Å²) in [4.78, 5) is 0. The molecular weight excluding hydrogens is 214 g/mol. The predicted molar refractivity (Wildman–Crippen MR) is 68.0 cm³/mol.